The van der Waals surface area contributed by atoms with Gasteiger partial charge in [0.1, 0.15) is 0 Å². The van der Waals surface area contributed by atoms with Gasteiger partial charge in [-0.3, -0.25) is 0 Å². The molecular weight excluding hydrogens is 272 g/mol. The number of hydrogen-bond acceptors (Lipinski definition) is 4. The van der Waals surface area contributed by atoms with E-state index < -0.39 is 11.9 Å². The summed E-state index contributed by atoms with van der Waals surface area (Å²) in [6, 6.07) is 4.09. The average Bonchev–Trinajstić information content (AvgIpc) is 2.35. The number of carboxylic acid groups (broad SMARTS) is 2. The molecular formula is C12H12O4S2. The Hall–Kier alpha value is -1.40. The maximum atomic E-state index is 10.9. The molecule has 0 atom stereocenters. The van der Waals surface area contributed by atoms with Gasteiger partial charge >= 0.3 is 11.9 Å². The summed E-state index contributed by atoms with van der Waals surface area (Å²) >= 11 is 6.47. The molecule has 18 heavy (non-hydrogen) atoms. The number of hydrogen-bond donors (Lipinski definition) is 2. The lowest BCUT2D eigenvalue weighted by atomic mass is 10.1. The molecule has 1 aromatic carbocycles. The van der Waals surface area contributed by atoms with Crippen LogP contribution in [0.15, 0.2) is 18.2 Å². The topological polar surface area (TPSA) is 74.6 Å². The van der Waals surface area contributed by atoms with E-state index in [0.29, 0.717) is 11.3 Å². The fraction of sp³-hybridized carbons (Fsp3) is 0.250. The van der Waals surface area contributed by atoms with Gasteiger partial charge in [0.05, 0.1) is 11.1 Å². The van der Waals surface area contributed by atoms with Crippen LogP contribution in [0.1, 0.15) is 39.6 Å². The van der Waals surface area contributed by atoms with Gasteiger partial charge in [-0.15, -0.1) is 11.8 Å². The smallest absolute Gasteiger partial charge is 0.335 e. The van der Waals surface area contributed by atoms with E-state index in [9.17, 15) is 9.59 Å². The normalized spacial score (nSPS) is 10.1. The molecule has 0 aliphatic rings. The molecule has 0 saturated carbocycles. The molecule has 0 bridgehead atoms. The van der Waals surface area contributed by atoms with Crippen molar-refractivity contribution in [2.45, 2.75) is 19.1 Å². The molecule has 0 radical (unpaired) electrons. The fourth-order valence-corrected chi connectivity index (χ4v) is 2.16. The van der Waals surface area contributed by atoms with E-state index in [0.717, 1.165) is 16.7 Å². The van der Waals surface area contributed by atoms with Crippen molar-refractivity contribution in [1.29, 1.82) is 0 Å². The lowest BCUT2D eigenvalue weighted by molar-refractivity contribution is 0.0696. The Kier molecular flexibility index (Phi) is 5.30. The zero-order valence-corrected chi connectivity index (χ0v) is 11.3. The van der Waals surface area contributed by atoms with Crippen LogP contribution in [0, 0.1) is 0 Å². The van der Waals surface area contributed by atoms with Crippen molar-refractivity contribution >= 4 is 40.1 Å². The van der Waals surface area contributed by atoms with E-state index in [-0.39, 0.29) is 11.1 Å². The molecule has 4 nitrogen and oxygen atoms in total. The molecule has 2 N–H and O–H groups in total. The van der Waals surface area contributed by atoms with Crippen LogP contribution in [0.3, 0.4) is 0 Å². The predicted octanol–water partition coefficient (Wildman–Crippen LogP) is 3.05. The van der Waals surface area contributed by atoms with E-state index in [1.54, 1.807) is 0 Å². The summed E-state index contributed by atoms with van der Waals surface area (Å²) in [4.78, 5) is 21.8. The predicted molar refractivity (Wildman–Crippen MR) is 74.5 cm³/mol. The van der Waals surface area contributed by atoms with Gasteiger partial charge in [-0.2, -0.15) is 0 Å². The summed E-state index contributed by atoms with van der Waals surface area (Å²) in [6.07, 6.45) is 0.754. The first-order valence-corrected chi connectivity index (χ1v) is 6.59. The molecule has 0 spiro atoms. The molecule has 0 saturated heterocycles. The molecule has 0 unspecified atom stereocenters. The van der Waals surface area contributed by atoms with Gasteiger partial charge < -0.3 is 10.2 Å². The second-order valence-electron chi connectivity index (χ2n) is 3.54. The third-order valence-electron chi connectivity index (χ3n) is 2.18. The summed E-state index contributed by atoms with van der Waals surface area (Å²) in [6.45, 7) is 1.94. The van der Waals surface area contributed by atoms with Crippen molar-refractivity contribution in [3.63, 3.8) is 0 Å². The lowest BCUT2D eigenvalue weighted by Gasteiger charge is -2.05. The van der Waals surface area contributed by atoms with E-state index >= 15 is 0 Å². The van der Waals surface area contributed by atoms with Crippen LogP contribution < -0.4 is 0 Å². The maximum Gasteiger partial charge on any atom is 0.335 e. The van der Waals surface area contributed by atoms with E-state index in [2.05, 4.69) is 0 Å². The first-order valence-electron chi connectivity index (χ1n) is 5.20. The van der Waals surface area contributed by atoms with Gasteiger partial charge in [0.15, 0.2) is 0 Å². The molecule has 1 rings (SSSR count). The Balaban J connectivity index is 3.00. The molecule has 0 aliphatic heterocycles. The van der Waals surface area contributed by atoms with Crippen molar-refractivity contribution in [1.82, 2.24) is 0 Å². The Bertz CT molecular complexity index is 465. The van der Waals surface area contributed by atoms with E-state index in [4.69, 9.17) is 22.4 Å². The number of carboxylic acids is 2. The van der Waals surface area contributed by atoms with Gasteiger partial charge in [0.25, 0.3) is 0 Å². The van der Waals surface area contributed by atoms with Crippen LogP contribution in [0.2, 0.25) is 0 Å². The molecule has 0 aliphatic carbocycles. The SMILES string of the molecule is CCC(=S)SCc1cc(C(=O)O)cc(C(=O)O)c1. The van der Waals surface area contributed by atoms with Gasteiger partial charge in [0, 0.05) is 9.95 Å². The maximum absolute atomic E-state index is 10.9. The van der Waals surface area contributed by atoms with Gasteiger partial charge in [0.2, 0.25) is 0 Å². The third-order valence-corrected chi connectivity index (χ3v) is 3.91. The highest BCUT2D eigenvalue weighted by Crippen LogP contribution is 2.19. The number of carbonyl (C=O) groups is 2. The molecule has 6 heteroatoms. The summed E-state index contributed by atoms with van der Waals surface area (Å²) in [5, 5.41) is 17.8. The largest absolute Gasteiger partial charge is 0.478 e. The highest BCUT2D eigenvalue weighted by atomic mass is 32.2. The minimum absolute atomic E-state index is 0.0204. The van der Waals surface area contributed by atoms with Crippen LogP contribution in [-0.2, 0) is 5.75 Å². The third kappa shape index (κ3) is 4.12. The first kappa shape index (κ1) is 14.7. The van der Waals surface area contributed by atoms with Crippen molar-refractivity contribution in [2.75, 3.05) is 0 Å². The van der Waals surface area contributed by atoms with Crippen molar-refractivity contribution in [3.8, 4) is 0 Å². The zero-order valence-electron chi connectivity index (χ0n) is 9.67. The van der Waals surface area contributed by atoms with Crippen LogP contribution in [0.25, 0.3) is 0 Å². The second kappa shape index (κ2) is 6.51. The first-order chi connectivity index (χ1) is 8.43. The van der Waals surface area contributed by atoms with Gasteiger partial charge in [-0.25, -0.2) is 9.59 Å². The summed E-state index contributed by atoms with van der Waals surface area (Å²) < 4.78 is 0.813. The Labute approximate surface area is 114 Å². The van der Waals surface area contributed by atoms with Crippen LogP contribution in [-0.4, -0.2) is 26.3 Å². The number of thioether (sulfide) groups is 1. The molecule has 0 heterocycles. The van der Waals surface area contributed by atoms with E-state index in [1.807, 2.05) is 6.92 Å². The second-order valence-corrected chi connectivity index (χ2v) is 5.36. The molecule has 0 fully saturated rings. The Morgan fingerprint density at radius 2 is 1.67 bits per heavy atom. The quantitative estimate of drug-likeness (QED) is 0.809. The van der Waals surface area contributed by atoms with Crippen molar-refractivity contribution in [2.24, 2.45) is 0 Å². The van der Waals surface area contributed by atoms with Gasteiger partial charge in [-0.1, -0.05) is 19.1 Å². The standard InChI is InChI=1S/C12H12O4S2/c1-2-10(17)18-6-7-3-8(11(13)14)5-9(4-7)12(15)16/h3-5H,2,6H2,1H3,(H,13,14)(H,15,16). The number of rotatable bonds is 5. The Morgan fingerprint density at radius 1 is 1.17 bits per heavy atom. The minimum Gasteiger partial charge on any atom is -0.478 e. The van der Waals surface area contributed by atoms with Crippen LogP contribution in [0.5, 0.6) is 0 Å². The molecule has 0 aromatic heterocycles. The van der Waals surface area contributed by atoms with Crippen LogP contribution >= 0.6 is 24.0 Å². The number of aromatic carboxylic acids is 2. The fourth-order valence-electron chi connectivity index (χ4n) is 1.29. The zero-order chi connectivity index (χ0) is 13.7. The van der Waals surface area contributed by atoms with Gasteiger partial charge in [-0.05, 0) is 30.2 Å². The summed E-state index contributed by atoms with van der Waals surface area (Å²) in [5.74, 6) is -1.79. The molecule has 0 amide bonds. The highest BCUT2D eigenvalue weighted by molar-refractivity contribution is 8.22. The molecule has 96 valence electrons. The lowest BCUT2D eigenvalue weighted by Crippen LogP contribution is -2.04. The average molecular weight is 284 g/mol. The number of benzene rings is 1. The summed E-state index contributed by atoms with van der Waals surface area (Å²) in [7, 11) is 0. The van der Waals surface area contributed by atoms with Crippen LogP contribution in [0.4, 0.5) is 0 Å². The minimum atomic E-state index is -1.14. The van der Waals surface area contributed by atoms with Crippen molar-refractivity contribution < 1.29 is 19.8 Å². The summed E-state index contributed by atoms with van der Waals surface area (Å²) in [5.41, 5.74) is 0.605. The molecule has 1 aromatic rings. The monoisotopic (exact) mass is 284 g/mol. The highest BCUT2D eigenvalue weighted by Gasteiger charge is 2.11. The van der Waals surface area contributed by atoms with Crippen molar-refractivity contribution in [3.05, 3.63) is 34.9 Å². The Morgan fingerprint density at radius 3 is 2.06 bits per heavy atom. The number of thiocarbonyl (C=S) groups is 1. The van der Waals surface area contributed by atoms with E-state index in [1.165, 1.54) is 23.9 Å².